The van der Waals surface area contributed by atoms with Gasteiger partial charge >= 0.3 is 70.7 Å². The molecule has 0 unspecified atom stereocenters. The minimum absolute atomic E-state index is 0. The monoisotopic (exact) mass is 1190 g/mol. The quantitative estimate of drug-likeness (QED) is 0.135. The molecule has 4 nitrogen and oxygen atoms in total. The fourth-order valence-corrected chi connectivity index (χ4v) is 4.73. The molecule has 0 aliphatic carbocycles. The van der Waals surface area contributed by atoms with E-state index in [0.717, 1.165) is 46.7 Å². The molecule has 283 valence electrons. The smallest absolute Gasteiger partial charge is 0.522 e. The minimum Gasteiger partial charge on any atom is -0.522 e. The molecule has 0 bridgehead atoms. The van der Waals surface area contributed by atoms with Crippen molar-refractivity contribution in [2.45, 2.75) is 13.3 Å². The topological polar surface area (TPSA) is 36.9 Å². The third-order valence-corrected chi connectivity index (χ3v) is 7.52. The third kappa shape index (κ3) is 19.6. The second kappa shape index (κ2) is 29.5. The Morgan fingerprint density at radius 1 is 0.345 bits per heavy atom. The molecule has 8 aromatic carbocycles. The molecule has 8 rings (SSSR count). The fourth-order valence-electron chi connectivity index (χ4n) is 4.73. The molecule has 7 heteroatoms. The van der Waals surface area contributed by atoms with Crippen molar-refractivity contribution in [3.05, 3.63) is 247 Å². The summed E-state index contributed by atoms with van der Waals surface area (Å²) in [5.74, 6) is 5.86. The molecule has 1 radical (unpaired) electrons. The molecular weight excluding hydrogens is 1150 g/mol. The Labute approximate surface area is 394 Å². The van der Waals surface area contributed by atoms with Gasteiger partial charge in [0.25, 0.3) is 0 Å². The number of ether oxygens (including phenoxy) is 4. The van der Waals surface area contributed by atoms with Gasteiger partial charge in [-0.2, -0.15) is 109 Å². The van der Waals surface area contributed by atoms with E-state index in [4.69, 9.17) is 18.9 Å². The molecule has 8 aromatic rings. The van der Waals surface area contributed by atoms with E-state index >= 15 is 0 Å². The second-order valence-electron chi connectivity index (χ2n) is 11.7. The molecular formula is C51H40O4UVW. The van der Waals surface area contributed by atoms with Gasteiger partial charge in [-0.25, -0.2) is 0 Å². The standard InChI is InChI=1S/C20H17O.2C12H8O.C7H7O.U.V.W/c1-16-7-9-17(10-8-16)15-18-11-13-20(14-12-18)21-19-5-3-2-4-6-19;2*1-3-7-11(8-4-1)13-12-9-5-2-6-10-12;1-8-7-5-3-2-4-6-7;;;/h3-14H,15H2,1H3;2*3-10H;3-6H,1H3;;;/q-1;2*-2;-1;3*+2. The molecule has 58 heavy (non-hydrogen) atoms. The zero-order valence-corrected chi connectivity index (χ0v) is 40.7. The van der Waals surface area contributed by atoms with Gasteiger partial charge in [-0.05, 0) is 36.6 Å². The third-order valence-electron chi connectivity index (χ3n) is 7.52. The summed E-state index contributed by atoms with van der Waals surface area (Å²) >= 11 is 0. The molecule has 0 atom stereocenters. The Bertz CT molecular complexity index is 2010. The van der Waals surface area contributed by atoms with Gasteiger partial charge in [0.1, 0.15) is 5.75 Å². The summed E-state index contributed by atoms with van der Waals surface area (Å²) in [4.78, 5) is 0. The molecule has 0 aromatic heterocycles. The Morgan fingerprint density at radius 3 is 0.810 bits per heavy atom. The van der Waals surface area contributed by atoms with E-state index in [2.05, 4.69) is 79.7 Å². The van der Waals surface area contributed by atoms with Gasteiger partial charge in [0.2, 0.25) is 0 Å². The number of hydrogen-bond donors (Lipinski definition) is 0. The number of rotatable bonds is 9. The van der Waals surface area contributed by atoms with E-state index in [1.807, 2.05) is 158 Å². The summed E-state index contributed by atoms with van der Waals surface area (Å²) in [6.45, 7) is 2.11. The first-order valence-corrected chi connectivity index (χ1v) is 17.6. The normalized spacial score (nSPS) is 9.21. The Hall–Kier alpha value is -4.72. The van der Waals surface area contributed by atoms with Gasteiger partial charge in [-0.3, -0.25) is 0 Å². The van der Waals surface area contributed by atoms with Gasteiger partial charge in [-0.15, -0.1) is 72.8 Å². The van der Waals surface area contributed by atoms with Crippen LogP contribution in [0.5, 0.6) is 40.2 Å². The Balaban J connectivity index is 0.000000276. The van der Waals surface area contributed by atoms with Gasteiger partial charge in [0, 0.05) is 34.5 Å². The van der Waals surface area contributed by atoms with Gasteiger partial charge < -0.3 is 18.9 Å². The van der Waals surface area contributed by atoms with E-state index in [1.54, 1.807) is 7.11 Å². The molecule has 0 saturated carbocycles. The van der Waals surface area contributed by atoms with Gasteiger partial charge in [0.15, 0.2) is 0 Å². The molecule has 0 spiro atoms. The maximum atomic E-state index is 5.78. The Kier molecular flexibility index (Phi) is 25.1. The van der Waals surface area contributed by atoms with Crippen LogP contribution < -0.4 is 18.9 Å². The fraction of sp³-hybridized carbons (Fsp3) is 0.0588. The number of aryl methyl sites for hydroxylation is 1. The summed E-state index contributed by atoms with van der Waals surface area (Å²) in [6.07, 6.45) is 0.945. The van der Waals surface area contributed by atoms with E-state index < -0.39 is 0 Å². The summed E-state index contributed by atoms with van der Waals surface area (Å²) in [5.41, 5.74) is 3.91. The summed E-state index contributed by atoms with van der Waals surface area (Å²) in [7, 11) is 1.65. The Morgan fingerprint density at radius 2 is 0.569 bits per heavy atom. The molecule has 0 heterocycles. The van der Waals surface area contributed by atoms with Crippen LogP contribution in [0.25, 0.3) is 0 Å². The van der Waals surface area contributed by atoms with E-state index in [-0.39, 0.29) is 70.7 Å². The number of benzene rings is 8. The van der Waals surface area contributed by atoms with Crippen molar-refractivity contribution >= 4 is 0 Å². The van der Waals surface area contributed by atoms with Crippen LogP contribution in [0.15, 0.2) is 194 Å². The van der Waals surface area contributed by atoms with E-state index in [9.17, 15) is 0 Å². The first-order chi connectivity index (χ1) is 27.1. The maximum absolute atomic E-state index is 5.78. The predicted molar refractivity (Wildman–Crippen MR) is 219 cm³/mol. The van der Waals surface area contributed by atoms with Crippen molar-refractivity contribution in [3.63, 3.8) is 0 Å². The zero-order valence-electron chi connectivity index (χ0n) is 32.2. The molecule has 0 aliphatic rings. The van der Waals surface area contributed by atoms with Crippen LogP contribution in [0.2, 0.25) is 0 Å². The molecule has 0 saturated heterocycles. The summed E-state index contributed by atoms with van der Waals surface area (Å²) < 4.78 is 21.8. The van der Waals surface area contributed by atoms with Crippen molar-refractivity contribution in [1.29, 1.82) is 0 Å². The van der Waals surface area contributed by atoms with E-state index in [1.165, 1.54) is 16.7 Å². The van der Waals surface area contributed by atoms with Crippen molar-refractivity contribution in [2.75, 3.05) is 7.11 Å². The SMILES string of the molecule is COc1cc[c-]cc1.Cc1ccc(Cc2ccc(Oc3cc[c-]cc3)cc2)cc1.[U+2].[V+2].[W+2].[c-]1ccc(Oc2cc[c-]cc2)cc1.[c-]1ccc(Oc2cc[c-]cc2)cc1. The average molecular weight is 1190 g/mol. The van der Waals surface area contributed by atoms with Crippen molar-refractivity contribution in [1.82, 2.24) is 0 Å². The van der Waals surface area contributed by atoms with Crippen LogP contribution in [0.1, 0.15) is 16.7 Å². The summed E-state index contributed by atoms with van der Waals surface area (Å²) in [6, 6.07) is 78.9. The van der Waals surface area contributed by atoms with Crippen LogP contribution in [-0.2, 0) is 46.0 Å². The van der Waals surface area contributed by atoms with Crippen molar-refractivity contribution in [3.8, 4) is 40.2 Å². The van der Waals surface area contributed by atoms with Crippen LogP contribution >= 0.6 is 0 Å². The molecule has 0 amide bonds. The van der Waals surface area contributed by atoms with Crippen LogP contribution in [0, 0.1) is 74.4 Å². The van der Waals surface area contributed by atoms with Crippen molar-refractivity contribution in [2.24, 2.45) is 0 Å². The first kappa shape index (κ1) is 49.4. The number of methoxy groups -OCH3 is 1. The average Bonchev–Trinajstić information content (AvgIpc) is 3.25. The van der Waals surface area contributed by atoms with Crippen molar-refractivity contribution < 1.29 is 89.7 Å². The minimum atomic E-state index is 0. The summed E-state index contributed by atoms with van der Waals surface area (Å²) in [5, 5.41) is 0. The molecule has 0 fully saturated rings. The van der Waals surface area contributed by atoms with Crippen LogP contribution in [0.4, 0.5) is 0 Å². The molecule has 0 aliphatic heterocycles. The number of hydrogen-bond acceptors (Lipinski definition) is 4. The van der Waals surface area contributed by atoms with Gasteiger partial charge in [-0.1, -0.05) is 42.0 Å². The zero-order chi connectivity index (χ0) is 38.2. The predicted octanol–water partition coefficient (Wildman–Crippen LogP) is 12.8. The van der Waals surface area contributed by atoms with Gasteiger partial charge in [0.05, 0.1) is 7.11 Å². The van der Waals surface area contributed by atoms with Crippen LogP contribution in [0.3, 0.4) is 0 Å². The first-order valence-electron chi connectivity index (χ1n) is 17.6. The molecule has 0 N–H and O–H groups in total. The maximum Gasteiger partial charge on any atom is 2.00 e. The second-order valence-corrected chi connectivity index (χ2v) is 11.7. The van der Waals surface area contributed by atoms with Crippen LogP contribution in [-0.4, -0.2) is 7.11 Å². The largest absolute Gasteiger partial charge is 2.00 e. The van der Waals surface area contributed by atoms with E-state index in [0.29, 0.717) is 0 Å².